The number of rotatable bonds is 4. The zero-order chi connectivity index (χ0) is 13.5. The fraction of sp³-hybridized carbons (Fsp3) is 0.933. The van der Waals surface area contributed by atoms with E-state index in [0.29, 0.717) is 25.4 Å². The van der Waals surface area contributed by atoms with Gasteiger partial charge in [-0.05, 0) is 44.4 Å². The third-order valence-electron chi connectivity index (χ3n) is 5.30. The van der Waals surface area contributed by atoms with Crippen molar-refractivity contribution in [2.45, 2.75) is 69.5 Å². The van der Waals surface area contributed by atoms with Crippen LogP contribution < -0.4 is 0 Å². The van der Waals surface area contributed by atoms with Crippen molar-refractivity contribution in [1.29, 1.82) is 0 Å². The minimum Gasteiger partial charge on any atom is -0.481 e. The average Bonchev–Trinajstić information content (AvgIpc) is 3.12. The van der Waals surface area contributed by atoms with Gasteiger partial charge in [-0.25, -0.2) is 0 Å². The molecule has 3 fully saturated rings. The molecule has 0 amide bonds. The quantitative estimate of drug-likeness (QED) is 0.821. The van der Waals surface area contributed by atoms with Crippen molar-refractivity contribution in [3.63, 3.8) is 0 Å². The molecule has 4 nitrogen and oxygen atoms in total. The van der Waals surface area contributed by atoms with E-state index < -0.39 is 17.0 Å². The maximum absolute atomic E-state index is 11.9. The van der Waals surface area contributed by atoms with Gasteiger partial charge in [-0.3, -0.25) is 4.79 Å². The van der Waals surface area contributed by atoms with E-state index in [-0.39, 0.29) is 6.10 Å². The highest BCUT2D eigenvalue weighted by Crippen LogP contribution is 2.53. The molecular formula is C15H24O4. The van der Waals surface area contributed by atoms with Gasteiger partial charge in [-0.15, -0.1) is 0 Å². The first kappa shape index (κ1) is 13.4. The summed E-state index contributed by atoms with van der Waals surface area (Å²) in [7, 11) is 0. The van der Waals surface area contributed by atoms with Crippen LogP contribution in [0.5, 0.6) is 0 Å². The molecule has 4 heteroatoms. The first-order valence-electron chi connectivity index (χ1n) is 7.63. The van der Waals surface area contributed by atoms with E-state index in [1.165, 1.54) is 0 Å². The molecule has 2 aliphatic carbocycles. The number of hydrogen-bond acceptors (Lipinski definition) is 3. The monoisotopic (exact) mass is 268 g/mol. The molecule has 2 atom stereocenters. The van der Waals surface area contributed by atoms with Gasteiger partial charge < -0.3 is 14.9 Å². The third-order valence-corrected chi connectivity index (χ3v) is 5.30. The van der Waals surface area contributed by atoms with Crippen LogP contribution in [0.3, 0.4) is 0 Å². The number of carboxylic acid groups (broad SMARTS) is 1. The van der Waals surface area contributed by atoms with Crippen LogP contribution in [-0.2, 0) is 9.53 Å². The van der Waals surface area contributed by atoms with E-state index in [0.717, 1.165) is 44.9 Å². The van der Waals surface area contributed by atoms with Gasteiger partial charge in [-0.1, -0.05) is 19.3 Å². The Balaban J connectivity index is 1.81. The molecule has 1 saturated heterocycles. The summed E-state index contributed by atoms with van der Waals surface area (Å²) in [5.41, 5.74) is -1.62. The third kappa shape index (κ3) is 2.40. The molecule has 0 bridgehead atoms. The van der Waals surface area contributed by atoms with Crippen molar-refractivity contribution in [1.82, 2.24) is 0 Å². The van der Waals surface area contributed by atoms with Crippen molar-refractivity contribution in [3.8, 4) is 0 Å². The second-order valence-corrected chi connectivity index (χ2v) is 6.80. The van der Waals surface area contributed by atoms with Crippen molar-refractivity contribution >= 4 is 5.97 Å². The Kier molecular flexibility index (Phi) is 3.34. The lowest BCUT2D eigenvalue weighted by Gasteiger charge is -2.40. The second-order valence-electron chi connectivity index (χ2n) is 6.80. The lowest BCUT2D eigenvalue weighted by Crippen LogP contribution is -2.48. The van der Waals surface area contributed by atoms with Crippen LogP contribution in [-0.4, -0.2) is 34.5 Å². The summed E-state index contributed by atoms with van der Waals surface area (Å²) in [6.45, 7) is 0.531. The van der Waals surface area contributed by atoms with Gasteiger partial charge in [0.25, 0.3) is 0 Å². The number of aliphatic carboxylic acids is 1. The number of carbonyl (C=O) groups is 1. The van der Waals surface area contributed by atoms with Crippen molar-refractivity contribution in [3.05, 3.63) is 0 Å². The van der Waals surface area contributed by atoms with Gasteiger partial charge in [0.1, 0.15) is 0 Å². The van der Waals surface area contributed by atoms with Crippen molar-refractivity contribution < 1.29 is 19.7 Å². The van der Waals surface area contributed by atoms with Crippen molar-refractivity contribution in [2.75, 3.05) is 6.61 Å². The highest BCUT2D eigenvalue weighted by Gasteiger charge is 2.58. The molecule has 2 unspecified atom stereocenters. The van der Waals surface area contributed by atoms with E-state index in [1.54, 1.807) is 0 Å². The van der Waals surface area contributed by atoms with Crippen molar-refractivity contribution in [2.24, 2.45) is 11.3 Å². The van der Waals surface area contributed by atoms with Crippen LogP contribution in [0.4, 0.5) is 0 Å². The fourth-order valence-corrected chi connectivity index (χ4v) is 4.12. The van der Waals surface area contributed by atoms with E-state index in [4.69, 9.17) is 4.74 Å². The molecule has 19 heavy (non-hydrogen) atoms. The normalized spacial score (nSPS) is 38.3. The minimum atomic E-state index is -0.840. The largest absolute Gasteiger partial charge is 0.481 e. The van der Waals surface area contributed by atoms with Gasteiger partial charge in [0, 0.05) is 6.61 Å². The standard InChI is InChI=1S/C15H24O4/c16-13(17)15(8-9-19-12(15)11-4-5-11)10-14(18)6-2-1-3-7-14/h11-12,18H,1-10H2,(H,16,17). The zero-order valence-corrected chi connectivity index (χ0v) is 11.4. The molecule has 0 aromatic carbocycles. The smallest absolute Gasteiger partial charge is 0.312 e. The Morgan fingerprint density at radius 2 is 1.84 bits per heavy atom. The predicted octanol–water partition coefficient (Wildman–Crippen LogP) is 2.34. The first-order valence-corrected chi connectivity index (χ1v) is 7.63. The van der Waals surface area contributed by atoms with Gasteiger partial charge >= 0.3 is 5.97 Å². The van der Waals surface area contributed by atoms with Gasteiger partial charge in [0.05, 0.1) is 17.1 Å². The Labute approximate surface area is 114 Å². The summed E-state index contributed by atoms with van der Waals surface area (Å²) in [4.78, 5) is 11.9. The van der Waals surface area contributed by atoms with Gasteiger partial charge in [0.15, 0.2) is 0 Å². The summed E-state index contributed by atoms with van der Waals surface area (Å²) in [6, 6.07) is 0. The number of ether oxygens (including phenoxy) is 1. The van der Waals surface area contributed by atoms with E-state index in [1.807, 2.05) is 0 Å². The maximum Gasteiger partial charge on any atom is 0.312 e. The SMILES string of the molecule is O=C(O)C1(CC2(O)CCCCC2)CCOC1C1CC1. The molecule has 3 rings (SSSR count). The van der Waals surface area contributed by atoms with Gasteiger partial charge in [-0.2, -0.15) is 0 Å². The summed E-state index contributed by atoms with van der Waals surface area (Å²) in [6.07, 6.45) is 7.63. The van der Waals surface area contributed by atoms with Crippen LogP contribution in [0.1, 0.15) is 57.8 Å². The first-order chi connectivity index (χ1) is 9.06. The molecule has 2 N–H and O–H groups in total. The predicted molar refractivity (Wildman–Crippen MR) is 69.8 cm³/mol. The molecule has 0 aromatic heterocycles. The molecule has 0 aromatic rings. The Morgan fingerprint density at radius 1 is 1.16 bits per heavy atom. The number of carboxylic acids is 1. The summed E-state index contributed by atoms with van der Waals surface area (Å²) in [5, 5.41) is 20.5. The van der Waals surface area contributed by atoms with Crippen LogP contribution in [0.15, 0.2) is 0 Å². The molecule has 0 spiro atoms. The van der Waals surface area contributed by atoms with E-state index >= 15 is 0 Å². The van der Waals surface area contributed by atoms with Gasteiger partial charge in [0.2, 0.25) is 0 Å². The Bertz CT molecular complexity index is 357. The van der Waals surface area contributed by atoms with Crippen LogP contribution in [0.2, 0.25) is 0 Å². The zero-order valence-electron chi connectivity index (χ0n) is 11.4. The van der Waals surface area contributed by atoms with Crippen LogP contribution >= 0.6 is 0 Å². The summed E-state index contributed by atoms with van der Waals surface area (Å²) >= 11 is 0. The van der Waals surface area contributed by atoms with Crippen LogP contribution in [0, 0.1) is 11.3 Å². The topological polar surface area (TPSA) is 66.8 Å². The molecule has 2 saturated carbocycles. The van der Waals surface area contributed by atoms with E-state index in [9.17, 15) is 15.0 Å². The Morgan fingerprint density at radius 3 is 2.42 bits per heavy atom. The maximum atomic E-state index is 11.9. The van der Waals surface area contributed by atoms with Crippen LogP contribution in [0.25, 0.3) is 0 Å². The highest BCUT2D eigenvalue weighted by molar-refractivity contribution is 5.76. The Hall–Kier alpha value is -0.610. The summed E-state index contributed by atoms with van der Waals surface area (Å²) < 4.78 is 5.75. The molecule has 108 valence electrons. The number of aliphatic hydroxyl groups is 1. The molecule has 0 radical (unpaired) electrons. The van der Waals surface area contributed by atoms with E-state index in [2.05, 4.69) is 0 Å². The fourth-order valence-electron chi connectivity index (χ4n) is 4.12. The molecule has 3 aliphatic rings. The second kappa shape index (κ2) is 4.74. The lowest BCUT2D eigenvalue weighted by molar-refractivity contribution is -0.160. The summed E-state index contributed by atoms with van der Waals surface area (Å²) in [5.74, 6) is -0.355. The average molecular weight is 268 g/mol. The molecule has 1 heterocycles. The number of hydrogen-bond donors (Lipinski definition) is 2. The molecule has 1 aliphatic heterocycles. The lowest BCUT2D eigenvalue weighted by atomic mass is 9.67. The minimum absolute atomic E-state index is 0.170. The highest BCUT2D eigenvalue weighted by atomic mass is 16.5. The molecular weight excluding hydrogens is 244 g/mol.